The van der Waals surface area contributed by atoms with Crippen LogP contribution >= 0.6 is 22.9 Å². The summed E-state index contributed by atoms with van der Waals surface area (Å²) in [7, 11) is 0. The maximum absolute atomic E-state index is 10.9. The van der Waals surface area contributed by atoms with Crippen molar-refractivity contribution < 1.29 is 4.92 Å². The summed E-state index contributed by atoms with van der Waals surface area (Å²) in [6.45, 7) is 2.41. The fraction of sp³-hybridized carbons (Fsp3) is 0.300. The van der Waals surface area contributed by atoms with Gasteiger partial charge < -0.3 is 5.32 Å². The number of nitro groups is 1. The highest BCUT2D eigenvalue weighted by Gasteiger charge is 2.20. The minimum Gasteiger partial charge on any atom is -0.364 e. The summed E-state index contributed by atoms with van der Waals surface area (Å²) in [5.74, 6) is 0.122. The second-order valence-electron chi connectivity index (χ2n) is 3.65. The fourth-order valence-corrected chi connectivity index (χ4v) is 2.33. The molecule has 2 heterocycles. The van der Waals surface area contributed by atoms with Gasteiger partial charge in [0.25, 0.3) is 0 Å². The molecule has 9 heteroatoms. The Bertz CT molecular complexity index is 603. The van der Waals surface area contributed by atoms with Crippen LogP contribution in [0.3, 0.4) is 0 Å². The van der Waals surface area contributed by atoms with E-state index in [9.17, 15) is 10.1 Å². The topological polar surface area (TPSA) is 93.8 Å². The van der Waals surface area contributed by atoms with Crippen molar-refractivity contribution >= 4 is 34.4 Å². The minimum atomic E-state index is -0.600. The van der Waals surface area contributed by atoms with E-state index >= 15 is 0 Å². The molecule has 19 heavy (non-hydrogen) atoms. The molecule has 1 N–H and O–H groups in total. The van der Waals surface area contributed by atoms with Crippen molar-refractivity contribution in [2.24, 2.45) is 0 Å². The number of nitrogens with one attached hydrogen (secondary N) is 1. The maximum atomic E-state index is 10.9. The first-order valence-corrected chi connectivity index (χ1v) is 6.63. The monoisotopic (exact) mass is 299 g/mol. The Morgan fingerprint density at radius 2 is 2.32 bits per heavy atom. The Labute approximate surface area is 117 Å². The van der Waals surface area contributed by atoms with Crippen molar-refractivity contribution in [3.05, 3.63) is 37.7 Å². The lowest BCUT2D eigenvalue weighted by Crippen LogP contribution is -2.09. The van der Waals surface area contributed by atoms with E-state index in [4.69, 9.17) is 11.6 Å². The van der Waals surface area contributed by atoms with E-state index in [2.05, 4.69) is 20.3 Å². The highest BCUT2D eigenvalue weighted by atomic mass is 35.5. The minimum absolute atomic E-state index is 0.122. The summed E-state index contributed by atoms with van der Waals surface area (Å²) in [6, 6.07) is 0. The Kier molecular flexibility index (Phi) is 4.23. The second kappa shape index (κ2) is 5.89. The molecular formula is C10H10ClN5O2S. The third kappa shape index (κ3) is 3.36. The molecule has 0 saturated heterocycles. The van der Waals surface area contributed by atoms with Crippen LogP contribution in [-0.4, -0.2) is 26.4 Å². The standard InChI is InChI=1S/C10H10ClN5O2S/c1-6-15-7(4-19-6)2-3-12-10-8(16(17)18)9(11)13-5-14-10/h4-5H,2-3H2,1H3,(H,12,13,14). The lowest BCUT2D eigenvalue weighted by molar-refractivity contribution is -0.384. The molecule has 7 nitrogen and oxygen atoms in total. The number of halogens is 1. The first-order chi connectivity index (χ1) is 9.08. The van der Waals surface area contributed by atoms with E-state index in [1.54, 1.807) is 11.3 Å². The summed E-state index contributed by atoms with van der Waals surface area (Å²) in [5.41, 5.74) is 0.636. The Balaban J connectivity index is 2.03. The smallest absolute Gasteiger partial charge is 0.348 e. The predicted molar refractivity (Wildman–Crippen MR) is 72.7 cm³/mol. The van der Waals surface area contributed by atoms with E-state index in [0.717, 1.165) is 10.7 Å². The molecule has 2 aromatic rings. The van der Waals surface area contributed by atoms with E-state index in [1.807, 2.05) is 12.3 Å². The van der Waals surface area contributed by atoms with Crippen LogP contribution in [-0.2, 0) is 6.42 Å². The molecule has 0 aliphatic rings. The van der Waals surface area contributed by atoms with Crippen molar-refractivity contribution in [3.8, 4) is 0 Å². The van der Waals surface area contributed by atoms with Gasteiger partial charge in [-0.15, -0.1) is 11.3 Å². The zero-order valence-corrected chi connectivity index (χ0v) is 11.5. The van der Waals surface area contributed by atoms with Crippen LogP contribution in [0.2, 0.25) is 5.15 Å². The number of hydrogen-bond acceptors (Lipinski definition) is 7. The molecular weight excluding hydrogens is 290 g/mol. The first kappa shape index (κ1) is 13.6. The molecule has 0 fully saturated rings. The number of hydrogen-bond donors (Lipinski definition) is 1. The van der Waals surface area contributed by atoms with Crippen LogP contribution in [0, 0.1) is 17.0 Å². The molecule has 0 radical (unpaired) electrons. The lowest BCUT2D eigenvalue weighted by atomic mass is 10.3. The van der Waals surface area contributed by atoms with Gasteiger partial charge in [0.2, 0.25) is 11.0 Å². The van der Waals surface area contributed by atoms with E-state index < -0.39 is 4.92 Å². The number of rotatable bonds is 5. The van der Waals surface area contributed by atoms with Crippen LogP contribution in [0.1, 0.15) is 10.7 Å². The summed E-state index contributed by atoms with van der Waals surface area (Å²) in [5, 5.41) is 16.5. The van der Waals surface area contributed by atoms with Gasteiger partial charge in [0.1, 0.15) is 6.33 Å². The molecule has 0 unspecified atom stereocenters. The zero-order chi connectivity index (χ0) is 13.8. The van der Waals surface area contributed by atoms with Gasteiger partial charge in [0, 0.05) is 18.3 Å². The van der Waals surface area contributed by atoms with Gasteiger partial charge in [0.05, 0.1) is 15.6 Å². The van der Waals surface area contributed by atoms with Crippen molar-refractivity contribution in [1.29, 1.82) is 0 Å². The third-order valence-corrected chi connectivity index (χ3v) is 3.40. The maximum Gasteiger partial charge on any atom is 0.348 e. The summed E-state index contributed by atoms with van der Waals surface area (Å²) < 4.78 is 0. The zero-order valence-electron chi connectivity index (χ0n) is 9.96. The van der Waals surface area contributed by atoms with Crippen molar-refractivity contribution in [3.63, 3.8) is 0 Å². The molecule has 100 valence electrons. The molecule has 0 aliphatic heterocycles. The average molecular weight is 300 g/mol. The van der Waals surface area contributed by atoms with Gasteiger partial charge >= 0.3 is 5.69 Å². The van der Waals surface area contributed by atoms with Crippen LogP contribution in [0.4, 0.5) is 11.5 Å². The van der Waals surface area contributed by atoms with Crippen LogP contribution in [0.15, 0.2) is 11.7 Å². The Morgan fingerprint density at radius 3 is 2.95 bits per heavy atom. The SMILES string of the molecule is Cc1nc(CCNc2ncnc(Cl)c2[N+](=O)[O-])cs1. The van der Waals surface area contributed by atoms with E-state index in [-0.39, 0.29) is 16.7 Å². The molecule has 0 aliphatic carbocycles. The van der Waals surface area contributed by atoms with Gasteiger partial charge in [-0.05, 0) is 6.92 Å². The van der Waals surface area contributed by atoms with E-state index in [0.29, 0.717) is 13.0 Å². The second-order valence-corrected chi connectivity index (χ2v) is 5.07. The van der Waals surface area contributed by atoms with E-state index in [1.165, 1.54) is 6.33 Å². The molecule has 2 rings (SSSR count). The van der Waals surface area contributed by atoms with Crippen molar-refractivity contribution in [2.45, 2.75) is 13.3 Å². The Morgan fingerprint density at radius 1 is 1.53 bits per heavy atom. The summed E-state index contributed by atoms with van der Waals surface area (Å²) in [6.07, 6.45) is 1.84. The predicted octanol–water partition coefficient (Wildman–Crippen LogP) is 2.46. The highest BCUT2D eigenvalue weighted by Crippen LogP contribution is 2.28. The molecule has 0 saturated carbocycles. The molecule has 0 amide bonds. The molecule has 0 atom stereocenters. The Hall–Kier alpha value is -1.80. The van der Waals surface area contributed by atoms with Crippen molar-refractivity contribution in [2.75, 3.05) is 11.9 Å². The molecule has 0 aromatic carbocycles. The number of aryl methyl sites for hydroxylation is 1. The fourth-order valence-electron chi connectivity index (χ4n) is 1.48. The molecule has 2 aromatic heterocycles. The van der Waals surface area contributed by atoms with Gasteiger partial charge in [-0.2, -0.15) is 0 Å². The highest BCUT2D eigenvalue weighted by molar-refractivity contribution is 7.09. The number of anilines is 1. The average Bonchev–Trinajstić information content (AvgIpc) is 2.74. The van der Waals surface area contributed by atoms with Gasteiger partial charge in [0.15, 0.2) is 0 Å². The molecule has 0 bridgehead atoms. The van der Waals surface area contributed by atoms with Gasteiger partial charge in [-0.3, -0.25) is 10.1 Å². The number of nitrogens with zero attached hydrogens (tertiary/aromatic N) is 4. The summed E-state index contributed by atoms with van der Waals surface area (Å²) in [4.78, 5) is 22.0. The van der Waals surface area contributed by atoms with Crippen LogP contribution < -0.4 is 5.32 Å². The summed E-state index contributed by atoms with van der Waals surface area (Å²) >= 11 is 7.25. The third-order valence-electron chi connectivity index (χ3n) is 2.30. The quantitative estimate of drug-likeness (QED) is 0.518. The van der Waals surface area contributed by atoms with Gasteiger partial charge in [-0.25, -0.2) is 15.0 Å². The van der Waals surface area contributed by atoms with Gasteiger partial charge in [-0.1, -0.05) is 11.6 Å². The number of aromatic nitrogens is 3. The number of thiazole rings is 1. The normalized spacial score (nSPS) is 10.4. The largest absolute Gasteiger partial charge is 0.364 e. The molecule has 0 spiro atoms. The lowest BCUT2D eigenvalue weighted by Gasteiger charge is -2.05. The van der Waals surface area contributed by atoms with Crippen molar-refractivity contribution in [1.82, 2.24) is 15.0 Å². The first-order valence-electron chi connectivity index (χ1n) is 5.37. The van der Waals surface area contributed by atoms with Crippen LogP contribution in [0.25, 0.3) is 0 Å². The van der Waals surface area contributed by atoms with Crippen LogP contribution in [0.5, 0.6) is 0 Å².